The number of carbonyl (C=O) groups is 1. The van der Waals surface area contributed by atoms with Gasteiger partial charge in [0.15, 0.2) is 9.84 Å². The Balaban J connectivity index is 1.48. The fourth-order valence-electron chi connectivity index (χ4n) is 3.22. The van der Waals surface area contributed by atoms with Crippen LogP contribution in [0.3, 0.4) is 0 Å². The van der Waals surface area contributed by atoms with Crippen LogP contribution in [0.25, 0.3) is 0 Å². The largest absolute Gasteiger partial charge is 0.384 e. The van der Waals surface area contributed by atoms with E-state index in [-0.39, 0.29) is 23.5 Å². The van der Waals surface area contributed by atoms with Crippen molar-refractivity contribution in [1.82, 2.24) is 9.88 Å². The summed E-state index contributed by atoms with van der Waals surface area (Å²) in [6.07, 6.45) is 4.15. The molecule has 2 aromatic rings. The molecule has 144 valence electrons. The molecule has 1 N–H and O–H groups in total. The van der Waals surface area contributed by atoms with Gasteiger partial charge in [-0.2, -0.15) is 0 Å². The lowest BCUT2D eigenvalue weighted by molar-refractivity contribution is 0.0742. The second kappa shape index (κ2) is 8.52. The lowest BCUT2D eigenvalue weighted by atomic mass is 10.1. The Morgan fingerprint density at radius 3 is 2.63 bits per heavy atom. The zero-order valence-electron chi connectivity index (χ0n) is 15.5. The maximum atomic E-state index is 12.5. The second-order valence-electron chi connectivity index (χ2n) is 6.92. The van der Waals surface area contributed by atoms with E-state index in [2.05, 4.69) is 22.4 Å². The molecule has 0 spiro atoms. The van der Waals surface area contributed by atoms with Gasteiger partial charge in [0.1, 0.15) is 5.69 Å². The van der Waals surface area contributed by atoms with Gasteiger partial charge >= 0.3 is 0 Å². The molecule has 1 unspecified atom stereocenters. The van der Waals surface area contributed by atoms with Gasteiger partial charge in [-0.15, -0.1) is 0 Å². The van der Waals surface area contributed by atoms with Crippen LogP contribution in [-0.4, -0.2) is 55.3 Å². The topological polar surface area (TPSA) is 79.4 Å². The van der Waals surface area contributed by atoms with E-state index in [1.165, 1.54) is 10.5 Å². The fraction of sp³-hybridized carbons (Fsp3) is 0.400. The summed E-state index contributed by atoms with van der Waals surface area (Å²) in [5.74, 6) is -0.0575. The molecule has 3 rings (SSSR count). The standard InChI is InChI=1S/C20H25N3O3S/c1-23(18-11-13-27(25,26)15-18)20(24)19-10-9-17(14-22-19)21-12-5-8-16-6-3-2-4-7-16/h2-4,6-7,9-10,14,18,21H,5,8,11-13,15H2,1H3. The molecule has 1 aliphatic rings. The maximum Gasteiger partial charge on any atom is 0.272 e. The first-order chi connectivity index (χ1) is 12.9. The van der Waals surface area contributed by atoms with Crippen molar-refractivity contribution in [3.05, 3.63) is 59.9 Å². The van der Waals surface area contributed by atoms with Gasteiger partial charge < -0.3 is 10.2 Å². The summed E-state index contributed by atoms with van der Waals surface area (Å²) in [5.41, 5.74) is 2.51. The number of nitrogens with zero attached hydrogens (tertiary/aromatic N) is 2. The van der Waals surface area contributed by atoms with E-state index in [1.807, 2.05) is 24.3 Å². The number of anilines is 1. The van der Waals surface area contributed by atoms with Crippen LogP contribution in [0.5, 0.6) is 0 Å². The van der Waals surface area contributed by atoms with Crippen molar-refractivity contribution in [1.29, 1.82) is 0 Å². The number of rotatable bonds is 7. The molecule has 7 heteroatoms. The molecule has 6 nitrogen and oxygen atoms in total. The average Bonchev–Trinajstić information content (AvgIpc) is 3.05. The maximum absolute atomic E-state index is 12.5. The highest BCUT2D eigenvalue weighted by atomic mass is 32.2. The van der Waals surface area contributed by atoms with E-state index in [4.69, 9.17) is 0 Å². The van der Waals surface area contributed by atoms with Crippen molar-refractivity contribution < 1.29 is 13.2 Å². The van der Waals surface area contributed by atoms with E-state index in [1.54, 1.807) is 19.3 Å². The number of pyridine rings is 1. The predicted octanol–water partition coefficient (Wildman–Crippen LogP) is 2.39. The third-order valence-corrected chi connectivity index (χ3v) is 6.62. The molecule has 1 aliphatic heterocycles. The number of amides is 1. The summed E-state index contributed by atoms with van der Waals surface area (Å²) in [6, 6.07) is 13.6. The lowest BCUT2D eigenvalue weighted by Crippen LogP contribution is -2.38. The lowest BCUT2D eigenvalue weighted by Gasteiger charge is -2.23. The van der Waals surface area contributed by atoms with Gasteiger partial charge in [-0.25, -0.2) is 13.4 Å². The monoisotopic (exact) mass is 387 g/mol. The van der Waals surface area contributed by atoms with Crippen molar-refractivity contribution in [2.24, 2.45) is 0 Å². The van der Waals surface area contributed by atoms with Crippen molar-refractivity contribution in [2.75, 3.05) is 30.4 Å². The summed E-state index contributed by atoms with van der Waals surface area (Å²) in [4.78, 5) is 18.3. The molecule has 2 heterocycles. The van der Waals surface area contributed by atoms with Crippen molar-refractivity contribution in [2.45, 2.75) is 25.3 Å². The minimum absolute atomic E-state index is 0.0380. The molecule has 1 saturated heterocycles. The zero-order chi connectivity index (χ0) is 19.3. The average molecular weight is 388 g/mol. The summed E-state index contributed by atoms with van der Waals surface area (Å²) in [5, 5.41) is 3.31. The number of carbonyl (C=O) groups excluding carboxylic acids is 1. The van der Waals surface area contributed by atoms with Gasteiger partial charge in [-0.3, -0.25) is 4.79 Å². The number of hydrogen-bond acceptors (Lipinski definition) is 5. The highest BCUT2D eigenvalue weighted by molar-refractivity contribution is 7.91. The van der Waals surface area contributed by atoms with Gasteiger partial charge in [0, 0.05) is 19.6 Å². The Morgan fingerprint density at radius 1 is 1.22 bits per heavy atom. The number of sulfone groups is 1. The molecular weight excluding hydrogens is 362 g/mol. The smallest absolute Gasteiger partial charge is 0.272 e. The Hall–Kier alpha value is -2.41. The van der Waals surface area contributed by atoms with Crippen LogP contribution < -0.4 is 5.32 Å². The van der Waals surface area contributed by atoms with Crippen LogP contribution in [0.1, 0.15) is 28.9 Å². The number of hydrogen-bond donors (Lipinski definition) is 1. The van der Waals surface area contributed by atoms with Gasteiger partial charge in [0.2, 0.25) is 0 Å². The highest BCUT2D eigenvalue weighted by Gasteiger charge is 2.33. The predicted molar refractivity (Wildman–Crippen MR) is 107 cm³/mol. The summed E-state index contributed by atoms with van der Waals surface area (Å²) in [7, 11) is -1.38. The normalized spacial score (nSPS) is 18.2. The van der Waals surface area contributed by atoms with Gasteiger partial charge in [0.05, 0.1) is 23.4 Å². The van der Waals surface area contributed by atoms with Crippen LogP contribution in [0, 0.1) is 0 Å². The van der Waals surface area contributed by atoms with Crippen LogP contribution in [0.4, 0.5) is 5.69 Å². The van der Waals surface area contributed by atoms with Crippen LogP contribution in [0.2, 0.25) is 0 Å². The van der Waals surface area contributed by atoms with Crippen molar-refractivity contribution in [3.63, 3.8) is 0 Å². The molecule has 1 fully saturated rings. The quantitative estimate of drug-likeness (QED) is 0.738. The molecule has 0 saturated carbocycles. The van der Waals surface area contributed by atoms with E-state index in [0.29, 0.717) is 12.1 Å². The van der Waals surface area contributed by atoms with Crippen LogP contribution >= 0.6 is 0 Å². The Kier molecular flexibility index (Phi) is 6.11. The first kappa shape index (κ1) is 19.4. The Labute approximate surface area is 160 Å². The molecule has 0 bridgehead atoms. The van der Waals surface area contributed by atoms with E-state index < -0.39 is 9.84 Å². The summed E-state index contributed by atoms with van der Waals surface area (Å²) >= 11 is 0. The van der Waals surface area contributed by atoms with E-state index in [0.717, 1.165) is 25.1 Å². The van der Waals surface area contributed by atoms with E-state index in [9.17, 15) is 13.2 Å². The van der Waals surface area contributed by atoms with Gasteiger partial charge in [-0.1, -0.05) is 30.3 Å². The van der Waals surface area contributed by atoms with Crippen molar-refractivity contribution in [3.8, 4) is 0 Å². The van der Waals surface area contributed by atoms with Gasteiger partial charge in [0.25, 0.3) is 5.91 Å². The molecule has 27 heavy (non-hydrogen) atoms. The molecule has 0 aliphatic carbocycles. The Bertz CT molecular complexity index is 867. The summed E-state index contributed by atoms with van der Waals surface area (Å²) in [6.45, 7) is 0.823. The SMILES string of the molecule is CN(C(=O)c1ccc(NCCCc2ccccc2)cn1)C1CCS(=O)(=O)C1. The number of aryl methyl sites for hydroxylation is 1. The second-order valence-corrected chi connectivity index (χ2v) is 9.15. The summed E-state index contributed by atoms with van der Waals surface area (Å²) < 4.78 is 23.2. The molecule has 1 aromatic heterocycles. The third-order valence-electron chi connectivity index (χ3n) is 4.87. The van der Waals surface area contributed by atoms with Crippen molar-refractivity contribution >= 4 is 21.4 Å². The zero-order valence-corrected chi connectivity index (χ0v) is 16.3. The third kappa shape index (κ3) is 5.29. The van der Waals surface area contributed by atoms with Crippen LogP contribution in [-0.2, 0) is 16.3 Å². The van der Waals surface area contributed by atoms with Gasteiger partial charge in [-0.05, 0) is 37.0 Å². The minimum Gasteiger partial charge on any atom is -0.384 e. The van der Waals surface area contributed by atoms with Crippen LogP contribution in [0.15, 0.2) is 48.7 Å². The minimum atomic E-state index is -3.02. The van der Waals surface area contributed by atoms with E-state index >= 15 is 0 Å². The first-order valence-corrected chi connectivity index (χ1v) is 11.0. The number of aromatic nitrogens is 1. The molecule has 0 radical (unpaired) electrons. The molecule has 1 atom stereocenters. The fourth-order valence-corrected chi connectivity index (χ4v) is 5.00. The number of nitrogens with one attached hydrogen (secondary N) is 1. The molecular formula is C20H25N3O3S. The molecule has 1 aromatic carbocycles. The Morgan fingerprint density at radius 2 is 2.00 bits per heavy atom. The highest BCUT2D eigenvalue weighted by Crippen LogP contribution is 2.18. The number of benzene rings is 1. The first-order valence-electron chi connectivity index (χ1n) is 9.16. The molecule has 1 amide bonds.